The average Bonchev–Trinajstić information content (AvgIpc) is 3.60. The molecule has 2 aliphatic rings. The number of aromatic nitrogens is 2. The molecule has 7 nitrogen and oxygen atoms in total. The van der Waals surface area contributed by atoms with Gasteiger partial charge in [0.1, 0.15) is 0 Å². The van der Waals surface area contributed by atoms with Crippen LogP contribution < -0.4 is 15.0 Å². The third-order valence-electron chi connectivity index (χ3n) is 5.83. The molecule has 0 bridgehead atoms. The van der Waals surface area contributed by atoms with E-state index in [0.29, 0.717) is 35.6 Å². The van der Waals surface area contributed by atoms with Crippen molar-refractivity contribution in [2.45, 2.75) is 32.2 Å². The number of hydrogen-bond donors (Lipinski definition) is 0. The molecule has 2 fully saturated rings. The number of amides is 1. The van der Waals surface area contributed by atoms with E-state index in [-0.39, 0.29) is 11.5 Å². The van der Waals surface area contributed by atoms with Crippen molar-refractivity contribution >= 4 is 5.91 Å². The molecule has 0 unspecified atom stereocenters. The summed E-state index contributed by atoms with van der Waals surface area (Å²) in [6.07, 6.45) is 3.91. The van der Waals surface area contributed by atoms with E-state index in [0.717, 1.165) is 44.3 Å². The third kappa shape index (κ3) is 4.28. The van der Waals surface area contributed by atoms with E-state index in [9.17, 15) is 9.59 Å². The molecule has 0 radical (unpaired) electrons. The average molecular weight is 397 g/mol. The number of carbonyl (C=O) groups is 1. The molecule has 7 heteroatoms. The van der Waals surface area contributed by atoms with Crippen molar-refractivity contribution in [1.29, 1.82) is 0 Å². The molecule has 2 heterocycles. The fourth-order valence-electron chi connectivity index (χ4n) is 3.90. The van der Waals surface area contributed by atoms with E-state index in [1.807, 2.05) is 23.1 Å². The molecule has 0 N–H and O–H groups in total. The minimum Gasteiger partial charge on any atom is -0.493 e. The summed E-state index contributed by atoms with van der Waals surface area (Å²) in [5, 5.41) is 4.59. The molecule has 2 aromatic rings. The van der Waals surface area contributed by atoms with E-state index in [2.05, 4.69) is 5.10 Å². The molecule has 154 valence electrons. The van der Waals surface area contributed by atoms with Gasteiger partial charge in [0.05, 0.1) is 19.9 Å². The lowest BCUT2D eigenvalue weighted by molar-refractivity contribution is -0.134. The van der Waals surface area contributed by atoms with Gasteiger partial charge in [0.2, 0.25) is 5.91 Å². The number of carbonyl (C=O) groups excluding carboxylic acids is 1. The summed E-state index contributed by atoms with van der Waals surface area (Å²) >= 11 is 0. The van der Waals surface area contributed by atoms with Gasteiger partial charge in [-0.25, -0.2) is 4.68 Å². The molecule has 1 aliphatic heterocycles. The number of methoxy groups -OCH3 is 2. The van der Waals surface area contributed by atoms with Crippen molar-refractivity contribution in [3.63, 3.8) is 0 Å². The smallest absolute Gasteiger partial charge is 0.266 e. The SMILES string of the molecule is COc1ccc(-c2ccc(=O)n(CC3CCN(C(=O)C4CC4)CC3)n2)cc1OC. The van der Waals surface area contributed by atoms with Gasteiger partial charge in [0, 0.05) is 37.2 Å². The van der Waals surface area contributed by atoms with Crippen LogP contribution in [0.25, 0.3) is 11.3 Å². The number of rotatable bonds is 6. The zero-order chi connectivity index (χ0) is 20.4. The lowest BCUT2D eigenvalue weighted by atomic mass is 9.96. The molecule has 1 saturated heterocycles. The molecule has 1 aromatic carbocycles. The van der Waals surface area contributed by atoms with Gasteiger partial charge in [0.25, 0.3) is 5.56 Å². The van der Waals surface area contributed by atoms with Crippen LogP contribution in [0.5, 0.6) is 11.5 Å². The number of ether oxygens (including phenoxy) is 2. The Morgan fingerprint density at radius 1 is 1.03 bits per heavy atom. The number of piperidine rings is 1. The van der Waals surface area contributed by atoms with Crippen LogP contribution >= 0.6 is 0 Å². The second-order valence-corrected chi connectivity index (χ2v) is 7.85. The zero-order valence-corrected chi connectivity index (χ0v) is 17.0. The van der Waals surface area contributed by atoms with Gasteiger partial charge in [-0.1, -0.05) is 0 Å². The maximum atomic E-state index is 12.4. The maximum absolute atomic E-state index is 12.4. The monoisotopic (exact) mass is 397 g/mol. The minimum atomic E-state index is -0.106. The van der Waals surface area contributed by atoms with Crippen LogP contribution in [0.4, 0.5) is 0 Å². The Kier molecular flexibility index (Phi) is 5.56. The molecule has 1 amide bonds. The predicted molar refractivity (Wildman–Crippen MR) is 109 cm³/mol. The van der Waals surface area contributed by atoms with Gasteiger partial charge in [-0.05, 0) is 55.9 Å². The Balaban J connectivity index is 1.46. The first-order valence-corrected chi connectivity index (χ1v) is 10.2. The first-order valence-electron chi connectivity index (χ1n) is 10.2. The van der Waals surface area contributed by atoms with Crippen LogP contribution in [-0.4, -0.2) is 47.9 Å². The van der Waals surface area contributed by atoms with Crippen molar-refractivity contribution in [2.24, 2.45) is 11.8 Å². The fraction of sp³-hybridized carbons (Fsp3) is 0.500. The predicted octanol–water partition coefficient (Wildman–Crippen LogP) is 2.58. The van der Waals surface area contributed by atoms with Gasteiger partial charge >= 0.3 is 0 Å². The molecule has 1 aromatic heterocycles. The molecule has 1 aliphatic carbocycles. The lowest BCUT2D eigenvalue weighted by Gasteiger charge is -2.32. The lowest BCUT2D eigenvalue weighted by Crippen LogP contribution is -2.41. The Bertz CT molecular complexity index is 943. The van der Waals surface area contributed by atoms with Crippen molar-refractivity contribution in [2.75, 3.05) is 27.3 Å². The van der Waals surface area contributed by atoms with Crippen LogP contribution in [-0.2, 0) is 11.3 Å². The Hall–Kier alpha value is -2.83. The van der Waals surface area contributed by atoms with Crippen LogP contribution in [0.15, 0.2) is 35.1 Å². The van der Waals surface area contributed by atoms with E-state index < -0.39 is 0 Å². The summed E-state index contributed by atoms with van der Waals surface area (Å²) in [4.78, 5) is 26.6. The third-order valence-corrected chi connectivity index (χ3v) is 5.83. The highest BCUT2D eigenvalue weighted by atomic mass is 16.5. The summed E-state index contributed by atoms with van der Waals surface area (Å²) in [6, 6.07) is 8.89. The second-order valence-electron chi connectivity index (χ2n) is 7.85. The number of hydrogen-bond acceptors (Lipinski definition) is 5. The molecular weight excluding hydrogens is 370 g/mol. The topological polar surface area (TPSA) is 73.7 Å². The second kappa shape index (κ2) is 8.27. The molecule has 0 atom stereocenters. The molecular formula is C22H27N3O4. The highest BCUT2D eigenvalue weighted by Crippen LogP contribution is 2.33. The zero-order valence-electron chi connectivity index (χ0n) is 17.0. The first-order chi connectivity index (χ1) is 14.1. The van der Waals surface area contributed by atoms with Gasteiger partial charge < -0.3 is 14.4 Å². The highest BCUT2D eigenvalue weighted by Gasteiger charge is 2.35. The van der Waals surface area contributed by atoms with E-state index in [1.165, 1.54) is 0 Å². The summed E-state index contributed by atoms with van der Waals surface area (Å²) in [5.41, 5.74) is 1.47. The van der Waals surface area contributed by atoms with Gasteiger partial charge in [-0.2, -0.15) is 5.10 Å². The van der Waals surface area contributed by atoms with Crippen molar-refractivity contribution in [3.05, 3.63) is 40.7 Å². The summed E-state index contributed by atoms with van der Waals surface area (Å²) in [7, 11) is 3.19. The highest BCUT2D eigenvalue weighted by molar-refractivity contribution is 5.81. The van der Waals surface area contributed by atoms with Crippen molar-refractivity contribution in [3.8, 4) is 22.8 Å². The van der Waals surface area contributed by atoms with Gasteiger partial charge in [-0.3, -0.25) is 9.59 Å². The van der Waals surface area contributed by atoms with Gasteiger partial charge in [0.15, 0.2) is 11.5 Å². The largest absolute Gasteiger partial charge is 0.493 e. The van der Waals surface area contributed by atoms with Crippen LogP contribution in [0.3, 0.4) is 0 Å². The van der Waals surface area contributed by atoms with E-state index in [1.54, 1.807) is 31.0 Å². The standard InChI is InChI=1S/C22H27N3O4/c1-28-19-7-5-17(13-20(19)29-2)18-6-8-21(26)25(23-18)14-15-9-11-24(12-10-15)22(27)16-3-4-16/h5-8,13,15-16H,3-4,9-12,14H2,1-2H3. The number of nitrogens with zero attached hydrogens (tertiary/aromatic N) is 3. The van der Waals surface area contributed by atoms with Gasteiger partial charge in [-0.15, -0.1) is 0 Å². The fourth-order valence-corrected chi connectivity index (χ4v) is 3.90. The summed E-state index contributed by atoms with van der Waals surface area (Å²) in [6.45, 7) is 2.14. The Morgan fingerprint density at radius 2 is 1.76 bits per heavy atom. The Morgan fingerprint density at radius 3 is 2.41 bits per heavy atom. The molecule has 4 rings (SSSR count). The van der Waals surface area contributed by atoms with E-state index >= 15 is 0 Å². The molecule has 1 saturated carbocycles. The Labute approximate surface area is 170 Å². The normalized spacial score (nSPS) is 17.2. The number of benzene rings is 1. The van der Waals surface area contributed by atoms with E-state index in [4.69, 9.17) is 9.47 Å². The van der Waals surface area contributed by atoms with Crippen LogP contribution in [0, 0.1) is 11.8 Å². The molecule has 0 spiro atoms. The first kappa shape index (κ1) is 19.5. The van der Waals surface area contributed by atoms with Crippen molar-refractivity contribution < 1.29 is 14.3 Å². The quantitative estimate of drug-likeness (QED) is 0.749. The number of likely N-dealkylation sites (tertiary alicyclic amines) is 1. The van der Waals surface area contributed by atoms with Crippen molar-refractivity contribution in [1.82, 2.24) is 14.7 Å². The summed E-state index contributed by atoms with van der Waals surface area (Å²) in [5.74, 6) is 2.21. The van der Waals surface area contributed by atoms with Crippen LogP contribution in [0.1, 0.15) is 25.7 Å². The van der Waals surface area contributed by atoms with Crippen LogP contribution in [0.2, 0.25) is 0 Å². The minimum absolute atomic E-state index is 0.106. The molecule has 29 heavy (non-hydrogen) atoms. The maximum Gasteiger partial charge on any atom is 0.266 e. The summed E-state index contributed by atoms with van der Waals surface area (Å²) < 4.78 is 12.2.